The van der Waals surface area contributed by atoms with Crippen molar-refractivity contribution in [1.29, 1.82) is 0 Å². The first kappa shape index (κ1) is 20.3. The number of hydrogen-bond donors (Lipinski definition) is 1. The lowest BCUT2D eigenvalue weighted by atomic mass is 10.1. The Morgan fingerprint density at radius 1 is 1.07 bits per heavy atom. The highest BCUT2D eigenvalue weighted by Gasteiger charge is 2.29. The molecule has 8 heteroatoms. The van der Waals surface area contributed by atoms with Gasteiger partial charge in [-0.05, 0) is 45.4 Å². The second-order valence-corrected chi connectivity index (χ2v) is 5.85. The van der Waals surface area contributed by atoms with Gasteiger partial charge < -0.3 is 14.5 Å². The highest BCUT2D eigenvalue weighted by molar-refractivity contribution is 6.04. The lowest BCUT2D eigenvalue weighted by Crippen LogP contribution is -2.26. The molecule has 0 bridgehead atoms. The monoisotopic (exact) mass is 379 g/mol. The van der Waals surface area contributed by atoms with Crippen molar-refractivity contribution in [3.05, 3.63) is 57.9 Å². The molecule has 0 spiro atoms. The number of rotatable bonds is 6. The molecule has 2 rings (SSSR count). The van der Waals surface area contributed by atoms with Crippen molar-refractivity contribution in [3.63, 3.8) is 0 Å². The summed E-state index contributed by atoms with van der Waals surface area (Å²) in [5, 5.41) is 0. The van der Waals surface area contributed by atoms with Gasteiger partial charge in [-0.2, -0.15) is 0 Å². The SMILES string of the molecule is CCOC(=O)c1c(C)[nH]c(C(=O)[C@@H](C)OC(=O)c2c(F)cccc2F)c1C. The Hall–Kier alpha value is -3.03. The molecule has 1 aromatic carbocycles. The van der Waals surface area contributed by atoms with Gasteiger partial charge in [0.1, 0.15) is 17.2 Å². The van der Waals surface area contributed by atoms with E-state index < -0.39 is 41.0 Å². The first-order valence-corrected chi connectivity index (χ1v) is 8.24. The van der Waals surface area contributed by atoms with Crippen molar-refractivity contribution < 1.29 is 32.6 Å². The summed E-state index contributed by atoms with van der Waals surface area (Å²) < 4.78 is 37.2. The number of H-pyrrole nitrogens is 1. The van der Waals surface area contributed by atoms with Gasteiger partial charge in [-0.3, -0.25) is 4.79 Å². The quantitative estimate of drug-likeness (QED) is 0.613. The maximum atomic E-state index is 13.7. The highest BCUT2D eigenvalue weighted by Crippen LogP contribution is 2.22. The number of ketones is 1. The fourth-order valence-corrected chi connectivity index (χ4v) is 2.67. The number of carbonyl (C=O) groups is 3. The van der Waals surface area contributed by atoms with Crippen molar-refractivity contribution in [2.24, 2.45) is 0 Å². The average molecular weight is 379 g/mol. The first-order chi connectivity index (χ1) is 12.7. The van der Waals surface area contributed by atoms with E-state index in [0.717, 1.165) is 18.2 Å². The van der Waals surface area contributed by atoms with Crippen LogP contribution < -0.4 is 0 Å². The predicted molar refractivity (Wildman–Crippen MR) is 91.8 cm³/mol. The van der Waals surface area contributed by atoms with Crippen LogP contribution in [-0.4, -0.2) is 35.4 Å². The van der Waals surface area contributed by atoms with Gasteiger partial charge in [0, 0.05) is 5.69 Å². The summed E-state index contributed by atoms with van der Waals surface area (Å²) in [6.07, 6.45) is -1.33. The molecule has 1 atom stereocenters. The highest BCUT2D eigenvalue weighted by atomic mass is 19.1. The molecular formula is C19H19F2NO5. The summed E-state index contributed by atoms with van der Waals surface area (Å²) >= 11 is 0. The summed E-state index contributed by atoms with van der Waals surface area (Å²) in [4.78, 5) is 39.4. The lowest BCUT2D eigenvalue weighted by molar-refractivity contribution is 0.0307. The third-order valence-corrected chi connectivity index (χ3v) is 3.98. The number of hydrogen-bond acceptors (Lipinski definition) is 5. The van der Waals surface area contributed by atoms with Crippen molar-refractivity contribution in [3.8, 4) is 0 Å². The van der Waals surface area contributed by atoms with Crippen LogP contribution in [0.15, 0.2) is 18.2 Å². The summed E-state index contributed by atoms with van der Waals surface area (Å²) in [5.74, 6) is -4.69. The number of esters is 2. The molecule has 0 fully saturated rings. The third kappa shape index (κ3) is 4.05. The van der Waals surface area contributed by atoms with Crippen LogP contribution in [0.5, 0.6) is 0 Å². The molecule has 144 valence electrons. The van der Waals surface area contributed by atoms with Gasteiger partial charge in [0.05, 0.1) is 17.9 Å². The molecule has 0 saturated carbocycles. The molecule has 1 aromatic heterocycles. The van der Waals surface area contributed by atoms with Gasteiger partial charge in [0.15, 0.2) is 6.10 Å². The fourth-order valence-electron chi connectivity index (χ4n) is 2.67. The topological polar surface area (TPSA) is 85.5 Å². The molecule has 1 heterocycles. The van der Waals surface area contributed by atoms with Crippen LogP contribution in [-0.2, 0) is 9.47 Å². The van der Waals surface area contributed by atoms with E-state index in [9.17, 15) is 23.2 Å². The number of aromatic amines is 1. The number of Topliss-reactive ketones (excluding diaryl/α,β-unsaturated/α-hetero) is 1. The van der Waals surface area contributed by atoms with Crippen LogP contribution in [0.1, 0.15) is 56.3 Å². The van der Waals surface area contributed by atoms with Crippen LogP contribution in [0.3, 0.4) is 0 Å². The molecular weight excluding hydrogens is 360 g/mol. The summed E-state index contributed by atoms with van der Waals surface area (Å²) in [7, 11) is 0. The maximum absolute atomic E-state index is 13.7. The molecule has 0 saturated heterocycles. The van der Waals surface area contributed by atoms with E-state index >= 15 is 0 Å². The number of aromatic nitrogens is 1. The third-order valence-electron chi connectivity index (χ3n) is 3.98. The van der Waals surface area contributed by atoms with Crippen LogP contribution in [0, 0.1) is 25.5 Å². The van der Waals surface area contributed by atoms with E-state index in [4.69, 9.17) is 9.47 Å². The standard InChI is InChI=1S/C19H19F2NO5/c1-5-26-18(24)14-9(2)16(22-10(14)3)17(23)11(4)27-19(25)15-12(20)7-6-8-13(15)21/h6-8,11,22H,5H2,1-4H3/t11-/m1/s1. The second-order valence-electron chi connectivity index (χ2n) is 5.85. The Labute approximate surface area is 154 Å². The predicted octanol–water partition coefficient (Wildman–Crippen LogP) is 3.51. The van der Waals surface area contributed by atoms with Crippen LogP contribution in [0.25, 0.3) is 0 Å². The number of ether oxygens (including phenoxy) is 2. The normalized spacial score (nSPS) is 11.8. The molecule has 0 radical (unpaired) electrons. The molecule has 0 amide bonds. The summed E-state index contributed by atoms with van der Waals surface area (Å²) in [6, 6.07) is 2.94. The average Bonchev–Trinajstić information content (AvgIpc) is 2.88. The summed E-state index contributed by atoms with van der Waals surface area (Å²) in [6.45, 7) is 6.26. The molecule has 0 aliphatic carbocycles. The number of nitrogens with one attached hydrogen (secondary N) is 1. The zero-order chi connectivity index (χ0) is 20.3. The largest absolute Gasteiger partial charge is 0.462 e. The van der Waals surface area contributed by atoms with E-state index in [2.05, 4.69) is 4.98 Å². The molecule has 6 nitrogen and oxygen atoms in total. The van der Waals surface area contributed by atoms with Gasteiger partial charge in [0.25, 0.3) is 0 Å². The Morgan fingerprint density at radius 3 is 2.22 bits per heavy atom. The molecule has 0 aliphatic heterocycles. The lowest BCUT2D eigenvalue weighted by Gasteiger charge is -2.13. The van der Waals surface area contributed by atoms with Gasteiger partial charge in [-0.25, -0.2) is 18.4 Å². The van der Waals surface area contributed by atoms with Crippen LogP contribution >= 0.6 is 0 Å². The van der Waals surface area contributed by atoms with Gasteiger partial charge in [-0.15, -0.1) is 0 Å². The van der Waals surface area contributed by atoms with Gasteiger partial charge in [-0.1, -0.05) is 6.07 Å². The van der Waals surface area contributed by atoms with E-state index in [1.165, 1.54) is 6.92 Å². The molecule has 0 aliphatic rings. The molecule has 1 N–H and O–H groups in total. The minimum absolute atomic E-state index is 0.0601. The molecule has 2 aromatic rings. The Kier molecular flexibility index (Phi) is 6.09. The van der Waals surface area contributed by atoms with E-state index in [1.54, 1.807) is 20.8 Å². The van der Waals surface area contributed by atoms with E-state index in [0.29, 0.717) is 11.3 Å². The Morgan fingerprint density at radius 2 is 1.67 bits per heavy atom. The number of halogens is 2. The van der Waals surface area contributed by atoms with Crippen molar-refractivity contribution >= 4 is 17.7 Å². The van der Waals surface area contributed by atoms with Crippen molar-refractivity contribution in [2.45, 2.75) is 33.8 Å². The maximum Gasteiger partial charge on any atom is 0.344 e. The number of carbonyl (C=O) groups excluding carboxylic acids is 3. The van der Waals surface area contributed by atoms with Crippen LogP contribution in [0.4, 0.5) is 8.78 Å². The van der Waals surface area contributed by atoms with E-state index in [1.807, 2.05) is 0 Å². The molecule has 0 unspecified atom stereocenters. The van der Waals surface area contributed by atoms with Crippen LogP contribution in [0.2, 0.25) is 0 Å². The Bertz CT molecular complexity index is 883. The second kappa shape index (κ2) is 8.11. The Balaban J connectivity index is 2.24. The van der Waals surface area contributed by atoms with Gasteiger partial charge in [0.2, 0.25) is 5.78 Å². The molecule has 27 heavy (non-hydrogen) atoms. The number of aryl methyl sites for hydroxylation is 1. The van der Waals surface area contributed by atoms with E-state index in [-0.39, 0.29) is 17.9 Å². The number of benzene rings is 1. The van der Waals surface area contributed by atoms with Crippen molar-refractivity contribution in [1.82, 2.24) is 4.98 Å². The minimum Gasteiger partial charge on any atom is -0.462 e. The zero-order valence-electron chi connectivity index (χ0n) is 15.3. The minimum atomic E-state index is -1.33. The zero-order valence-corrected chi connectivity index (χ0v) is 15.3. The smallest absolute Gasteiger partial charge is 0.344 e. The summed E-state index contributed by atoms with van der Waals surface area (Å²) in [5.41, 5.74) is 0.177. The fraction of sp³-hybridized carbons (Fsp3) is 0.316. The van der Waals surface area contributed by atoms with Crippen molar-refractivity contribution in [2.75, 3.05) is 6.61 Å². The van der Waals surface area contributed by atoms with Gasteiger partial charge >= 0.3 is 11.9 Å². The first-order valence-electron chi connectivity index (χ1n) is 8.24.